The fourth-order valence-electron chi connectivity index (χ4n) is 1.83. The van der Waals surface area contributed by atoms with Gasteiger partial charge in [-0.1, -0.05) is 0 Å². The summed E-state index contributed by atoms with van der Waals surface area (Å²) in [5, 5.41) is 18.4. The van der Waals surface area contributed by atoms with Crippen LogP contribution in [0.2, 0.25) is 0 Å². The Labute approximate surface area is 113 Å². The first-order valence-corrected chi connectivity index (χ1v) is 7.70. The van der Waals surface area contributed by atoms with Crippen LogP contribution >= 0.6 is 0 Å². The fraction of sp³-hybridized carbons (Fsp3) is 0.909. The lowest BCUT2D eigenvalue weighted by atomic mass is 9.99. The van der Waals surface area contributed by atoms with E-state index in [1.54, 1.807) is 13.8 Å². The Morgan fingerprint density at radius 3 is 2.21 bits per heavy atom. The van der Waals surface area contributed by atoms with E-state index in [9.17, 15) is 18.3 Å². The monoisotopic (exact) mass is 294 g/mol. The van der Waals surface area contributed by atoms with Crippen LogP contribution in [0, 0.1) is 5.92 Å². The van der Waals surface area contributed by atoms with Gasteiger partial charge in [-0.05, 0) is 33.6 Å². The number of carbonyl (C=O) groups is 1. The second-order valence-corrected chi connectivity index (χ2v) is 7.19. The zero-order valence-corrected chi connectivity index (χ0v) is 12.3. The molecule has 1 heterocycles. The third-order valence-electron chi connectivity index (χ3n) is 3.58. The Morgan fingerprint density at radius 1 is 1.37 bits per heavy atom. The number of aliphatic hydroxyl groups excluding tert-OH is 1. The van der Waals surface area contributed by atoms with Gasteiger partial charge in [0, 0.05) is 13.1 Å². The molecule has 1 aliphatic heterocycles. The molecule has 1 saturated heterocycles. The lowest BCUT2D eigenvalue weighted by Gasteiger charge is -2.34. The van der Waals surface area contributed by atoms with Gasteiger partial charge in [-0.25, -0.2) is 0 Å². The van der Waals surface area contributed by atoms with Crippen molar-refractivity contribution >= 4 is 16.2 Å². The average Bonchev–Trinajstić information content (AvgIpc) is 2.27. The van der Waals surface area contributed by atoms with Gasteiger partial charge >= 0.3 is 5.97 Å². The van der Waals surface area contributed by atoms with Gasteiger partial charge in [-0.2, -0.15) is 17.4 Å². The number of piperidine rings is 1. The standard InChI is InChI=1S/C11H22N2O5S/c1-8(14)11(2,3)12-19(17,18)13-6-4-9(5-7-13)10(15)16/h8-9,12,14H,4-7H2,1-3H3,(H,15,16). The highest BCUT2D eigenvalue weighted by Crippen LogP contribution is 2.20. The van der Waals surface area contributed by atoms with Crippen LogP contribution in [0.25, 0.3) is 0 Å². The van der Waals surface area contributed by atoms with Crippen LogP contribution in [0.4, 0.5) is 0 Å². The van der Waals surface area contributed by atoms with Gasteiger partial charge in [0.25, 0.3) is 10.2 Å². The lowest BCUT2D eigenvalue weighted by Crippen LogP contribution is -2.56. The molecule has 0 aromatic carbocycles. The average molecular weight is 294 g/mol. The van der Waals surface area contributed by atoms with E-state index in [1.807, 2.05) is 0 Å². The van der Waals surface area contributed by atoms with E-state index < -0.39 is 33.7 Å². The van der Waals surface area contributed by atoms with Crippen LogP contribution in [0.15, 0.2) is 0 Å². The highest BCUT2D eigenvalue weighted by atomic mass is 32.2. The van der Waals surface area contributed by atoms with E-state index in [0.717, 1.165) is 0 Å². The van der Waals surface area contributed by atoms with Gasteiger partial charge in [-0.15, -0.1) is 0 Å². The van der Waals surface area contributed by atoms with E-state index in [4.69, 9.17) is 5.11 Å². The predicted octanol–water partition coefficient (Wildman–Crippen LogP) is -0.223. The highest BCUT2D eigenvalue weighted by Gasteiger charge is 2.36. The molecule has 3 N–H and O–H groups in total. The number of carboxylic acid groups (broad SMARTS) is 1. The fourth-order valence-corrected chi connectivity index (χ4v) is 3.48. The first-order chi connectivity index (χ1) is 8.56. The highest BCUT2D eigenvalue weighted by molar-refractivity contribution is 7.87. The minimum absolute atomic E-state index is 0.183. The molecular formula is C11H22N2O5S. The molecule has 1 rings (SSSR count). The van der Waals surface area contributed by atoms with Crippen LogP contribution in [0.3, 0.4) is 0 Å². The van der Waals surface area contributed by atoms with Crippen LogP contribution in [-0.4, -0.2) is 53.6 Å². The zero-order valence-electron chi connectivity index (χ0n) is 11.5. The molecule has 0 aliphatic carbocycles. The lowest BCUT2D eigenvalue weighted by molar-refractivity contribution is -0.142. The van der Waals surface area contributed by atoms with Crippen molar-refractivity contribution < 1.29 is 23.4 Å². The summed E-state index contributed by atoms with van der Waals surface area (Å²) in [7, 11) is -3.70. The predicted molar refractivity (Wildman–Crippen MR) is 69.7 cm³/mol. The van der Waals surface area contributed by atoms with Crippen LogP contribution in [-0.2, 0) is 15.0 Å². The van der Waals surface area contributed by atoms with Crippen molar-refractivity contribution in [3.63, 3.8) is 0 Å². The summed E-state index contributed by atoms with van der Waals surface area (Å²) in [6.45, 7) is 5.07. The summed E-state index contributed by atoms with van der Waals surface area (Å²) >= 11 is 0. The number of rotatable bonds is 5. The molecule has 0 amide bonds. The van der Waals surface area contributed by atoms with Crippen molar-refractivity contribution in [2.75, 3.05) is 13.1 Å². The molecule has 19 heavy (non-hydrogen) atoms. The maximum absolute atomic E-state index is 12.1. The van der Waals surface area contributed by atoms with Crippen molar-refractivity contribution in [1.29, 1.82) is 0 Å². The molecule has 1 aliphatic rings. The third kappa shape index (κ3) is 4.13. The van der Waals surface area contributed by atoms with Crippen molar-refractivity contribution in [3.05, 3.63) is 0 Å². The maximum atomic E-state index is 12.1. The summed E-state index contributed by atoms with van der Waals surface area (Å²) < 4.78 is 28.0. The van der Waals surface area contributed by atoms with E-state index in [2.05, 4.69) is 4.72 Å². The van der Waals surface area contributed by atoms with Gasteiger partial charge in [0.05, 0.1) is 17.6 Å². The minimum Gasteiger partial charge on any atom is -0.481 e. The number of nitrogens with one attached hydrogen (secondary N) is 1. The van der Waals surface area contributed by atoms with Crippen LogP contribution in [0.5, 0.6) is 0 Å². The van der Waals surface area contributed by atoms with Crippen LogP contribution < -0.4 is 4.72 Å². The number of carboxylic acids is 1. The minimum atomic E-state index is -3.70. The van der Waals surface area contributed by atoms with Crippen molar-refractivity contribution in [3.8, 4) is 0 Å². The normalized spacial score (nSPS) is 21.3. The molecule has 0 radical (unpaired) electrons. The van der Waals surface area contributed by atoms with Gasteiger partial charge in [0.2, 0.25) is 0 Å². The van der Waals surface area contributed by atoms with Crippen LogP contribution in [0.1, 0.15) is 33.6 Å². The molecular weight excluding hydrogens is 272 g/mol. The number of hydrogen-bond acceptors (Lipinski definition) is 4. The molecule has 1 fully saturated rings. The topological polar surface area (TPSA) is 107 Å². The molecule has 1 atom stereocenters. The largest absolute Gasteiger partial charge is 0.481 e. The molecule has 0 bridgehead atoms. The van der Waals surface area contributed by atoms with Crippen molar-refractivity contribution in [2.45, 2.75) is 45.3 Å². The molecule has 8 heteroatoms. The molecule has 0 aromatic rings. The Hall–Kier alpha value is -0.700. The summed E-state index contributed by atoms with van der Waals surface area (Å²) in [4.78, 5) is 10.8. The van der Waals surface area contributed by atoms with E-state index >= 15 is 0 Å². The number of aliphatic carboxylic acids is 1. The molecule has 0 aromatic heterocycles. The number of aliphatic hydroxyl groups is 1. The number of nitrogens with zero attached hydrogens (tertiary/aromatic N) is 1. The molecule has 0 saturated carbocycles. The maximum Gasteiger partial charge on any atom is 0.306 e. The smallest absolute Gasteiger partial charge is 0.306 e. The second kappa shape index (κ2) is 5.74. The van der Waals surface area contributed by atoms with Gasteiger partial charge in [0.15, 0.2) is 0 Å². The molecule has 7 nitrogen and oxygen atoms in total. The quantitative estimate of drug-likeness (QED) is 0.649. The Kier molecular flexibility index (Phi) is 4.94. The summed E-state index contributed by atoms with van der Waals surface area (Å²) in [5.74, 6) is -1.36. The summed E-state index contributed by atoms with van der Waals surface area (Å²) in [6, 6.07) is 0. The zero-order chi connectivity index (χ0) is 14.8. The van der Waals surface area contributed by atoms with Crippen molar-refractivity contribution in [2.24, 2.45) is 5.92 Å². The first kappa shape index (κ1) is 16.4. The molecule has 1 unspecified atom stereocenters. The van der Waals surface area contributed by atoms with E-state index in [-0.39, 0.29) is 13.1 Å². The Balaban J connectivity index is 2.68. The van der Waals surface area contributed by atoms with E-state index in [1.165, 1.54) is 11.2 Å². The van der Waals surface area contributed by atoms with E-state index in [0.29, 0.717) is 12.8 Å². The number of hydrogen-bond donors (Lipinski definition) is 3. The van der Waals surface area contributed by atoms with Gasteiger partial charge in [0.1, 0.15) is 0 Å². The third-order valence-corrected chi connectivity index (χ3v) is 5.41. The SMILES string of the molecule is CC(O)C(C)(C)NS(=O)(=O)N1CCC(C(=O)O)CC1. The Morgan fingerprint density at radius 2 is 1.84 bits per heavy atom. The molecule has 112 valence electrons. The first-order valence-electron chi connectivity index (χ1n) is 6.26. The van der Waals surface area contributed by atoms with Gasteiger partial charge < -0.3 is 10.2 Å². The second-order valence-electron chi connectivity index (χ2n) is 5.52. The molecule has 0 spiro atoms. The van der Waals surface area contributed by atoms with Crippen molar-refractivity contribution in [1.82, 2.24) is 9.03 Å². The summed E-state index contributed by atoms with van der Waals surface area (Å²) in [5.41, 5.74) is -0.970. The Bertz CT molecular complexity index is 424. The summed E-state index contributed by atoms with van der Waals surface area (Å²) in [6.07, 6.45) is -0.213. The van der Waals surface area contributed by atoms with Gasteiger partial charge in [-0.3, -0.25) is 4.79 Å².